The van der Waals surface area contributed by atoms with Gasteiger partial charge in [0.1, 0.15) is 12.2 Å². The number of benzene rings is 1. The van der Waals surface area contributed by atoms with Gasteiger partial charge in [-0.2, -0.15) is 0 Å². The standard InChI is InChI=1S/C13H17NO4/c1-17-11-7-14(8-12(11)18-2)10-6-4-3-5-9(10)13(15)16/h3-6,11-12H,7-8H2,1-2H3,(H,15,16). The van der Waals surface area contributed by atoms with Crippen LogP contribution in [0.2, 0.25) is 0 Å². The van der Waals surface area contributed by atoms with Gasteiger partial charge in [-0.1, -0.05) is 12.1 Å². The summed E-state index contributed by atoms with van der Waals surface area (Å²) >= 11 is 0. The predicted octanol–water partition coefficient (Wildman–Crippen LogP) is 1.23. The normalized spacial score (nSPS) is 23.3. The average molecular weight is 251 g/mol. The number of carboxylic acid groups (broad SMARTS) is 1. The Kier molecular flexibility index (Phi) is 3.84. The number of nitrogens with zero attached hydrogens (tertiary/aromatic N) is 1. The van der Waals surface area contributed by atoms with Crippen molar-refractivity contribution < 1.29 is 19.4 Å². The Bertz CT molecular complexity index is 423. The Morgan fingerprint density at radius 2 is 1.78 bits per heavy atom. The van der Waals surface area contributed by atoms with Gasteiger partial charge in [-0.05, 0) is 12.1 Å². The first-order chi connectivity index (χ1) is 8.67. The van der Waals surface area contributed by atoms with Crippen LogP contribution in [0, 0.1) is 0 Å². The molecule has 0 radical (unpaired) electrons. The van der Waals surface area contributed by atoms with Crippen LogP contribution in [-0.4, -0.2) is 50.6 Å². The first kappa shape index (κ1) is 12.9. The van der Waals surface area contributed by atoms with Crippen molar-refractivity contribution in [2.45, 2.75) is 12.2 Å². The highest BCUT2D eigenvalue weighted by atomic mass is 16.5. The molecule has 0 saturated carbocycles. The largest absolute Gasteiger partial charge is 0.478 e. The van der Waals surface area contributed by atoms with Gasteiger partial charge in [0.2, 0.25) is 0 Å². The molecule has 1 aromatic rings. The minimum absolute atomic E-state index is 0.0307. The Balaban J connectivity index is 2.26. The molecule has 2 rings (SSSR count). The summed E-state index contributed by atoms with van der Waals surface area (Å²) in [5.41, 5.74) is 1.02. The molecule has 0 bridgehead atoms. The molecular formula is C13H17NO4. The Morgan fingerprint density at radius 3 is 2.28 bits per heavy atom. The second-order valence-electron chi connectivity index (χ2n) is 4.28. The van der Waals surface area contributed by atoms with Gasteiger partial charge in [0, 0.05) is 27.3 Å². The van der Waals surface area contributed by atoms with Crippen molar-refractivity contribution in [1.82, 2.24) is 0 Å². The second-order valence-corrected chi connectivity index (χ2v) is 4.28. The van der Waals surface area contributed by atoms with Crippen LogP contribution in [0.25, 0.3) is 0 Å². The van der Waals surface area contributed by atoms with E-state index in [4.69, 9.17) is 9.47 Å². The average Bonchev–Trinajstić information content (AvgIpc) is 2.81. The molecule has 1 aromatic carbocycles. The molecule has 5 heteroatoms. The summed E-state index contributed by atoms with van der Waals surface area (Å²) in [6, 6.07) is 6.99. The molecule has 1 fully saturated rings. The first-order valence-corrected chi connectivity index (χ1v) is 5.80. The van der Waals surface area contributed by atoms with Gasteiger partial charge >= 0.3 is 5.97 Å². The molecule has 5 nitrogen and oxygen atoms in total. The summed E-state index contributed by atoms with van der Waals surface area (Å²) in [6.45, 7) is 1.28. The van der Waals surface area contributed by atoms with Crippen LogP contribution in [-0.2, 0) is 9.47 Å². The Hall–Kier alpha value is -1.59. The highest BCUT2D eigenvalue weighted by Gasteiger charge is 2.34. The quantitative estimate of drug-likeness (QED) is 0.872. The third-order valence-electron chi connectivity index (χ3n) is 3.30. The van der Waals surface area contributed by atoms with Crippen molar-refractivity contribution >= 4 is 11.7 Å². The molecule has 1 N–H and O–H groups in total. The van der Waals surface area contributed by atoms with E-state index in [1.807, 2.05) is 17.0 Å². The third kappa shape index (κ3) is 2.32. The maximum absolute atomic E-state index is 11.2. The number of ether oxygens (including phenoxy) is 2. The molecule has 1 aliphatic heterocycles. The van der Waals surface area contributed by atoms with Crippen LogP contribution < -0.4 is 4.90 Å². The van der Waals surface area contributed by atoms with Crippen LogP contribution in [0.15, 0.2) is 24.3 Å². The summed E-state index contributed by atoms with van der Waals surface area (Å²) in [5.74, 6) is -0.916. The molecular weight excluding hydrogens is 234 g/mol. The number of hydrogen-bond acceptors (Lipinski definition) is 4. The fourth-order valence-corrected chi connectivity index (χ4v) is 2.32. The summed E-state index contributed by atoms with van der Waals surface area (Å²) in [4.78, 5) is 13.2. The van der Waals surface area contributed by atoms with E-state index in [0.717, 1.165) is 0 Å². The maximum Gasteiger partial charge on any atom is 0.337 e. The van der Waals surface area contributed by atoms with Crippen LogP contribution in [0.4, 0.5) is 5.69 Å². The van der Waals surface area contributed by atoms with E-state index in [9.17, 15) is 9.90 Å². The molecule has 0 spiro atoms. The fraction of sp³-hybridized carbons (Fsp3) is 0.462. The van der Waals surface area contributed by atoms with Crippen molar-refractivity contribution in [1.29, 1.82) is 0 Å². The van der Waals surface area contributed by atoms with Crippen LogP contribution in [0.1, 0.15) is 10.4 Å². The smallest absolute Gasteiger partial charge is 0.337 e. The zero-order valence-electron chi connectivity index (χ0n) is 10.5. The van der Waals surface area contributed by atoms with E-state index in [2.05, 4.69) is 0 Å². The van der Waals surface area contributed by atoms with Gasteiger partial charge < -0.3 is 19.5 Å². The highest BCUT2D eigenvalue weighted by molar-refractivity contribution is 5.94. The van der Waals surface area contributed by atoms with Gasteiger partial charge in [-0.15, -0.1) is 0 Å². The van der Waals surface area contributed by atoms with Crippen LogP contribution in [0.3, 0.4) is 0 Å². The lowest BCUT2D eigenvalue weighted by Gasteiger charge is -2.20. The number of carbonyl (C=O) groups is 1. The SMILES string of the molecule is COC1CN(c2ccccc2C(=O)O)CC1OC. The van der Waals surface area contributed by atoms with Gasteiger partial charge in [0.05, 0.1) is 11.3 Å². The molecule has 1 heterocycles. The summed E-state index contributed by atoms with van der Waals surface area (Å²) in [6.07, 6.45) is -0.0614. The van der Waals surface area contributed by atoms with Gasteiger partial charge in [-0.25, -0.2) is 4.79 Å². The molecule has 0 aliphatic carbocycles. The van der Waals surface area contributed by atoms with E-state index < -0.39 is 5.97 Å². The number of carboxylic acids is 1. The van der Waals surface area contributed by atoms with Crippen molar-refractivity contribution in [3.63, 3.8) is 0 Å². The van der Waals surface area contributed by atoms with Crippen molar-refractivity contribution in [3.8, 4) is 0 Å². The van der Waals surface area contributed by atoms with Crippen molar-refractivity contribution in [2.24, 2.45) is 0 Å². The highest BCUT2D eigenvalue weighted by Crippen LogP contribution is 2.26. The lowest BCUT2D eigenvalue weighted by molar-refractivity contribution is -0.00461. The number of aromatic carboxylic acids is 1. The van der Waals surface area contributed by atoms with E-state index in [1.54, 1.807) is 26.4 Å². The molecule has 0 aromatic heterocycles. The zero-order chi connectivity index (χ0) is 13.1. The van der Waals surface area contributed by atoms with E-state index in [0.29, 0.717) is 24.3 Å². The Morgan fingerprint density at radius 1 is 1.22 bits per heavy atom. The lowest BCUT2D eigenvalue weighted by Crippen LogP contribution is -2.27. The third-order valence-corrected chi connectivity index (χ3v) is 3.30. The topological polar surface area (TPSA) is 59.0 Å². The molecule has 2 unspecified atom stereocenters. The molecule has 1 saturated heterocycles. The Labute approximate surface area is 106 Å². The summed E-state index contributed by atoms with van der Waals surface area (Å²) in [5, 5.41) is 9.18. The monoisotopic (exact) mass is 251 g/mol. The molecule has 18 heavy (non-hydrogen) atoms. The second kappa shape index (κ2) is 5.37. The summed E-state index contributed by atoms with van der Waals surface area (Å²) in [7, 11) is 3.28. The van der Waals surface area contributed by atoms with Gasteiger partial charge in [0.25, 0.3) is 0 Å². The minimum Gasteiger partial charge on any atom is -0.478 e. The van der Waals surface area contributed by atoms with Crippen molar-refractivity contribution in [2.75, 3.05) is 32.2 Å². The van der Waals surface area contributed by atoms with E-state index in [-0.39, 0.29) is 12.2 Å². The van der Waals surface area contributed by atoms with Gasteiger partial charge in [0.15, 0.2) is 0 Å². The predicted molar refractivity (Wildman–Crippen MR) is 67.2 cm³/mol. The lowest BCUT2D eigenvalue weighted by atomic mass is 10.1. The number of hydrogen-bond donors (Lipinski definition) is 1. The number of anilines is 1. The van der Waals surface area contributed by atoms with E-state index >= 15 is 0 Å². The zero-order valence-corrected chi connectivity index (χ0v) is 10.5. The number of rotatable bonds is 4. The van der Waals surface area contributed by atoms with E-state index in [1.165, 1.54) is 0 Å². The molecule has 2 atom stereocenters. The molecule has 0 amide bonds. The fourth-order valence-electron chi connectivity index (χ4n) is 2.32. The molecule has 1 aliphatic rings. The summed E-state index contributed by atoms with van der Waals surface area (Å²) < 4.78 is 10.7. The number of methoxy groups -OCH3 is 2. The van der Waals surface area contributed by atoms with Crippen LogP contribution in [0.5, 0.6) is 0 Å². The number of para-hydroxylation sites is 1. The van der Waals surface area contributed by atoms with Gasteiger partial charge in [-0.3, -0.25) is 0 Å². The minimum atomic E-state index is -0.916. The first-order valence-electron chi connectivity index (χ1n) is 5.80. The van der Waals surface area contributed by atoms with Crippen molar-refractivity contribution in [3.05, 3.63) is 29.8 Å². The van der Waals surface area contributed by atoms with Crippen LogP contribution >= 0.6 is 0 Å². The molecule has 98 valence electrons. The maximum atomic E-state index is 11.2.